The second-order valence-corrected chi connectivity index (χ2v) is 14.7. The smallest absolute Gasteiger partial charge is 0.229 e. The predicted octanol–water partition coefficient (Wildman–Crippen LogP) is 5.24. The predicted molar refractivity (Wildman–Crippen MR) is 162 cm³/mol. The fourth-order valence-corrected chi connectivity index (χ4v) is 7.30. The molecule has 212 valence electrons. The van der Waals surface area contributed by atoms with E-state index in [0.717, 1.165) is 68.0 Å². The van der Waals surface area contributed by atoms with Crippen molar-refractivity contribution in [1.82, 2.24) is 14.9 Å². The Balaban J connectivity index is 1.19. The molecule has 1 atom stereocenters. The standard InChI is InChI=1S/C29H36ClN6O3P/c1-19-14-20(15-25-27(19)36-11-10-35(17-22(36)18-39-25)21-8-12-38-13-9-21)32-29-31-16-23(30)28(34-29)33-24-6-4-5-7-26(24)40(2,3)37/h4-7,14-16,21-22H,8-13,17-18H2,1-3H3,(H2,31,32,33,34)/t22-/m0/s1. The zero-order valence-corrected chi connectivity index (χ0v) is 24.8. The van der Waals surface area contributed by atoms with E-state index in [1.165, 1.54) is 5.69 Å². The number of ether oxygens (including phenoxy) is 2. The molecule has 0 spiro atoms. The molecule has 4 heterocycles. The summed E-state index contributed by atoms with van der Waals surface area (Å²) in [5, 5.41) is 7.69. The minimum absolute atomic E-state index is 0.347. The van der Waals surface area contributed by atoms with Crippen LogP contribution >= 0.6 is 18.7 Å². The first-order valence-electron chi connectivity index (χ1n) is 13.8. The largest absolute Gasteiger partial charge is 0.489 e. The molecule has 6 rings (SSSR count). The molecule has 3 aromatic rings. The van der Waals surface area contributed by atoms with Crippen molar-refractivity contribution in [3.05, 3.63) is 53.2 Å². The lowest BCUT2D eigenvalue weighted by atomic mass is 10.0. The van der Waals surface area contributed by atoms with Crippen LogP contribution in [0.15, 0.2) is 42.6 Å². The van der Waals surface area contributed by atoms with Crippen LogP contribution in [0.1, 0.15) is 18.4 Å². The highest BCUT2D eigenvalue weighted by atomic mass is 35.5. The van der Waals surface area contributed by atoms with Gasteiger partial charge >= 0.3 is 0 Å². The van der Waals surface area contributed by atoms with Crippen molar-refractivity contribution >= 4 is 52.9 Å². The van der Waals surface area contributed by atoms with Gasteiger partial charge in [-0.15, -0.1) is 0 Å². The fourth-order valence-electron chi connectivity index (χ4n) is 6.00. The van der Waals surface area contributed by atoms with Gasteiger partial charge in [0.15, 0.2) is 5.82 Å². The number of anilines is 5. The van der Waals surface area contributed by atoms with Crippen LogP contribution in [0.5, 0.6) is 5.75 Å². The van der Waals surface area contributed by atoms with Gasteiger partial charge in [-0.25, -0.2) is 4.98 Å². The Kier molecular flexibility index (Phi) is 7.66. The third-order valence-electron chi connectivity index (χ3n) is 7.94. The number of nitrogens with zero attached hydrogens (tertiary/aromatic N) is 4. The Morgan fingerprint density at radius 2 is 1.88 bits per heavy atom. The maximum atomic E-state index is 12.8. The van der Waals surface area contributed by atoms with E-state index in [1.54, 1.807) is 19.5 Å². The van der Waals surface area contributed by atoms with Crippen LogP contribution in [0.2, 0.25) is 5.02 Å². The van der Waals surface area contributed by atoms with E-state index in [1.807, 2.05) is 30.3 Å². The quantitative estimate of drug-likeness (QED) is 0.379. The normalized spacial score (nSPS) is 19.9. The Morgan fingerprint density at radius 1 is 1.07 bits per heavy atom. The minimum atomic E-state index is -2.50. The number of hydrogen-bond donors (Lipinski definition) is 2. The molecule has 9 nitrogen and oxygen atoms in total. The molecule has 0 amide bonds. The highest BCUT2D eigenvalue weighted by Crippen LogP contribution is 2.42. The first-order valence-corrected chi connectivity index (χ1v) is 16.8. The molecule has 3 aliphatic heterocycles. The van der Waals surface area contributed by atoms with E-state index in [0.29, 0.717) is 41.2 Å². The van der Waals surface area contributed by atoms with Crippen molar-refractivity contribution in [3.63, 3.8) is 0 Å². The van der Waals surface area contributed by atoms with Gasteiger partial charge in [0.1, 0.15) is 24.5 Å². The van der Waals surface area contributed by atoms with Crippen molar-refractivity contribution in [2.45, 2.75) is 31.8 Å². The molecule has 0 bridgehead atoms. The van der Waals surface area contributed by atoms with Gasteiger partial charge in [0.2, 0.25) is 5.95 Å². The van der Waals surface area contributed by atoms with Crippen molar-refractivity contribution in [1.29, 1.82) is 0 Å². The van der Waals surface area contributed by atoms with Crippen LogP contribution < -0.4 is 25.6 Å². The molecule has 2 fully saturated rings. The van der Waals surface area contributed by atoms with E-state index in [9.17, 15) is 4.57 Å². The van der Waals surface area contributed by atoms with E-state index in [2.05, 4.69) is 43.4 Å². The summed E-state index contributed by atoms with van der Waals surface area (Å²) < 4.78 is 24.7. The lowest BCUT2D eigenvalue weighted by molar-refractivity contribution is 0.0231. The number of rotatable bonds is 6. The summed E-state index contributed by atoms with van der Waals surface area (Å²) >= 11 is 6.44. The van der Waals surface area contributed by atoms with E-state index in [4.69, 9.17) is 21.1 Å². The molecule has 0 radical (unpaired) electrons. The number of halogens is 1. The number of aryl methyl sites for hydroxylation is 1. The minimum Gasteiger partial charge on any atom is -0.489 e. The summed E-state index contributed by atoms with van der Waals surface area (Å²) in [5.41, 5.74) is 3.88. The number of benzene rings is 2. The van der Waals surface area contributed by atoms with Gasteiger partial charge in [-0.05, 0) is 56.9 Å². The SMILES string of the molecule is Cc1cc(Nc2ncc(Cl)c(Nc3ccccc3P(C)(C)=O)n2)cc2c1N1CCN(C3CCOCC3)C[C@H]1CO2. The summed E-state index contributed by atoms with van der Waals surface area (Å²) in [6.07, 6.45) is 3.79. The molecule has 1 aromatic heterocycles. The van der Waals surface area contributed by atoms with Gasteiger partial charge in [0, 0.05) is 55.9 Å². The average Bonchev–Trinajstić information content (AvgIpc) is 2.94. The number of aromatic nitrogens is 2. The summed E-state index contributed by atoms with van der Waals surface area (Å²) in [7, 11) is -2.50. The van der Waals surface area contributed by atoms with Gasteiger partial charge in [0.25, 0.3) is 0 Å². The second kappa shape index (κ2) is 11.2. The maximum Gasteiger partial charge on any atom is 0.229 e. The third-order valence-corrected chi connectivity index (χ3v) is 9.77. The molecule has 0 saturated carbocycles. The third kappa shape index (κ3) is 5.66. The Morgan fingerprint density at radius 3 is 2.67 bits per heavy atom. The van der Waals surface area contributed by atoms with Crippen LogP contribution in [-0.4, -0.2) is 79.7 Å². The van der Waals surface area contributed by atoms with Gasteiger partial charge in [-0.3, -0.25) is 4.90 Å². The maximum absolute atomic E-state index is 12.8. The number of hydrogen-bond acceptors (Lipinski definition) is 9. The highest BCUT2D eigenvalue weighted by Gasteiger charge is 2.36. The lowest BCUT2D eigenvalue weighted by Crippen LogP contribution is -2.60. The second-order valence-electron chi connectivity index (χ2n) is 11.1. The summed E-state index contributed by atoms with van der Waals surface area (Å²) in [6, 6.07) is 12.6. The number of nitrogens with one attached hydrogen (secondary N) is 2. The van der Waals surface area contributed by atoms with Crippen LogP contribution in [0.4, 0.5) is 28.8 Å². The number of fused-ring (bicyclic) bond motifs is 3. The fraction of sp³-hybridized carbons (Fsp3) is 0.448. The van der Waals surface area contributed by atoms with Crippen LogP contribution in [0, 0.1) is 6.92 Å². The van der Waals surface area contributed by atoms with Crippen molar-refractivity contribution in [3.8, 4) is 5.75 Å². The van der Waals surface area contributed by atoms with Crippen LogP contribution in [-0.2, 0) is 9.30 Å². The highest BCUT2D eigenvalue weighted by molar-refractivity contribution is 7.70. The molecule has 2 saturated heterocycles. The Hall–Kier alpha value is -2.84. The zero-order valence-electron chi connectivity index (χ0n) is 23.2. The molecule has 0 unspecified atom stereocenters. The van der Waals surface area contributed by atoms with Crippen molar-refractivity contribution in [2.75, 3.05) is 68.3 Å². The number of piperazine rings is 1. The van der Waals surface area contributed by atoms with Crippen LogP contribution in [0.3, 0.4) is 0 Å². The summed E-state index contributed by atoms with van der Waals surface area (Å²) in [5.74, 6) is 1.72. The first-order chi connectivity index (χ1) is 19.3. The van der Waals surface area contributed by atoms with E-state index >= 15 is 0 Å². The average molecular weight is 583 g/mol. The molecule has 0 aliphatic carbocycles. The molecule has 3 aliphatic rings. The van der Waals surface area contributed by atoms with E-state index < -0.39 is 7.14 Å². The van der Waals surface area contributed by atoms with Gasteiger partial charge in [-0.2, -0.15) is 4.98 Å². The van der Waals surface area contributed by atoms with Crippen LogP contribution in [0.25, 0.3) is 0 Å². The molecule has 11 heteroatoms. The molecule has 40 heavy (non-hydrogen) atoms. The molecule has 2 aromatic carbocycles. The topological polar surface area (TPSA) is 91.8 Å². The Labute approximate surface area is 240 Å². The Bertz CT molecular complexity index is 1440. The molecule has 2 N–H and O–H groups in total. The van der Waals surface area contributed by atoms with Gasteiger partial charge < -0.3 is 29.6 Å². The number of para-hydroxylation sites is 1. The van der Waals surface area contributed by atoms with Gasteiger partial charge in [-0.1, -0.05) is 23.7 Å². The van der Waals surface area contributed by atoms with Crippen molar-refractivity contribution < 1.29 is 14.0 Å². The summed E-state index contributed by atoms with van der Waals surface area (Å²) in [4.78, 5) is 14.2. The lowest BCUT2D eigenvalue weighted by Gasteiger charge is -2.48. The van der Waals surface area contributed by atoms with Crippen molar-refractivity contribution in [2.24, 2.45) is 0 Å². The summed E-state index contributed by atoms with van der Waals surface area (Å²) in [6.45, 7) is 11.1. The monoisotopic (exact) mass is 582 g/mol. The van der Waals surface area contributed by atoms with E-state index in [-0.39, 0.29) is 0 Å². The molecular formula is C29H36ClN6O3P. The molecular weight excluding hydrogens is 547 g/mol. The van der Waals surface area contributed by atoms with Gasteiger partial charge in [0.05, 0.1) is 23.6 Å². The first kappa shape index (κ1) is 27.3. The zero-order chi connectivity index (χ0) is 27.9.